The number of carbonyl (C=O) groups excluding carboxylic acids is 2. The Morgan fingerprint density at radius 3 is 2.44 bits per heavy atom. The van der Waals surface area contributed by atoms with Crippen LogP contribution in [-0.4, -0.2) is 28.1 Å². The molecule has 0 aliphatic carbocycles. The van der Waals surface area contributed by atoms with E-state index in [0.717, 1.165) is 23.4 Å². The van der Waals surface area contributed by atoms with Crippen molar-refractivity contribution < 1.29 is 9.59 Å². The van der Waals surface area contributed by atoms with E-state index in [1.54, 1.807) is 4.68 Å². The van der Waals surface area contributed by atoms with Gasteiger partial charge in [0.05, 0.1) is 11.4 Å². The Bertz CT molecular complexity index is 803. The van der Waals surface area contributed by atoms with Crippen molar-refractivity contribution in [2.24, 2.45) is 0 Å². The molecule has 2 amide bonds. The molecule has 0 aliphatic rings. The van der Waals surface area contributed by atoms with Crippen LogP contribution in [0.2, 0.25) is 0 Å². The molecule has 2 N–H and O–H groups in total. The van der Waals surface area contributed by atoms with Crippen molar-refractivity contribution in [3.63, 3.8) is 0 Å². The normalized spacial score (nSPS) is 11.3. The maximum absolute atomic E-state index is 12.4. The molecule has 0 aliphatic heterocycles. The monoisotopic (exact) mass is 370 g/mol. The maximum atomic E-state index is 12.4. The van der Waals surface area contributed by atoms with Gasteiger partial charge in [-0.05, 0) is 31.0 Å². The zero-order valence-electron chi connectivity index (χ0n) is 16.9. The van der Waals surface area contributed by atoms with Crippen LogP contribution in [0.3, 0.4) is 0 Å². The zero-order valence-corrected chi connectivity index (χ0v) is 16.9. The van der Waals surface area contributed by atoms with E-state index in [1.807, 2.05) is 44.2 Å². The van der Waals surface area contributed by atoms with Crippen LogP contribution in [0.1, 0.15) is 58.2 Å². The van der Waals surface area contributed by atoms with Gasteiger partial charge in [-0.3, -0.25) is 9.59 Å². The highest BCUT2D eigenvalue weighted by molar-refractivity contribution is 5.92. The second-order valence-corrected chi connectivity index (χ2v) is 7.81. The van der Waals surface area contributed by atoms with Gasteiger partial charge in [-0.1, -0.05) is 39.8 Å². The van der Waals surface area contributed by atoms with E-state index < -0.39 is 0 Å². The summed E-state index contributed by atoms with van der Waals surface area (Å²) in [7, 11) is 0. The summed E-state index contributed by atoms with van der Waals surface area (Å²) in [6.07, 6.45) is 1.19. The number of aryl methyl sites for hydroxylation is 1. The highest BCUT2D eigenvalue weighted by atomic mass is 16.2. The van der Waals surface area contributed by atoms with Gasteiger partial charge in [0.1, 0.15) is 5.82 Å². The van der Waals surface area contributed by atoms with Gasteiger partial charge in [0, 0.05) is 30.9 Å². The van der Waals surface area contributed by atoms with Crippen molar-refractivity contribution in [1.29, 1.82) is 0 Å². The van der Waals surface area contributed by atoms with Crippen molar-refractivity contribution >= 4 is 17.6 Å². The summed E-state index contributed by atoms with van der Waals surface area (Å²) < 4.78 is 1.75. The third-order valence-electron chi connectivity index (χ3n) is 4.14. The lowest BCUT2D eigenvalue weighted by molar-refractivity contribution is -0.124. The Balaban J connectivity index is 2.18. The van der Waals surface area contributed by atoms with Crippen LogP contribution < -0.4 is 10.6 Å². The van der Waals surface area contributed by atoms with Crippen LogP contribution >= 0.6 is 0 Å². The molecule has 146 valence electrons. The summed E-state index contributed by atoms with van der Waals surface area (Å²) in [6.45, 7) is 10.9. The lowest BCUT2D eigenvalue weighted by Crippen LogP contribution is -2.25. The van der Waals surface area contributed by atoms with Gasteiger partial charge in [-0.15, -0.1) is 0 Å². The number of anilines is 1. The first-order valence-corrected chi connectivity index (χ1v) is 9.45. The van der Waals surface area contributed by atoms with Gasteiger partial charge in [0.25, 0.3) is 0 Å². The molecular weight excluding hydrogens is 340 g/mol. The van der Waals surface area contributed by atoms with Gasteiger partial charge in [-0.2, -0.15) is 5.10 Å². The molecule has 2 rings (SSSR count). The lowest BCUT2D eigenvalue weighted by Gasteiger charge is -2.14. The molecule has 0 atom stereocenters. The topological polar surface area (TPSA) is 76.0 Å². The molecule has 0 spiro atoms. The van der Waals surface area contributed by atoms with Crippen LogP contribution in [0.4, 0.5) is 5.82 Å². The Morgan fingerprint density at radius 1 is 1.11 bits per heavy atom. The van der Waals surface area contributed by atoms with Crippen molar-refractivity contribution in [2.75, 3.05) is 11.9 Å². The maximum Gasteiger partial charge on any atom is 0.226 e. The minimum absolute atomic E-state index is 0.102. The van der Waals surface area contributed by atoms with E-state index in [4.69, 9.17) is 5.10 Å². The fourth-order valence-corrected chi connectivity index (χ4v) is 2.58. The van der Waals surface area contributed by atoms with E-state index in [1.165, 1.54) is 0 Å². The van der Waals surface area contributed by atoms with E-state index in [2.05, 4.69) is 31.4 Å². The van der Waals surface area contributed by atoms with Crippen LogP contribution in [0.5, 0.6) is 0 Å². The van der Waals surface area contributed by atoms with Crippen LogP contribution in [0.15, 0.2) is 30.3 Å². The largest absolute Gasteiger partial charge is 0.356 e. The van der Waals surface area contributed by atoms with Crippen molar-refractivity contribution in [3.05, 3.63) is 41.6 Å². The molecule has 0 saturated carbocycles. The van der Waals surface area contributed by atoms with E-state index >= 15 is 0 Å². The first kappa shape index (κ1) is 20.7. The number of carbonyl (C=O) groups is 2. The number of hydrogen-bond acceptors (Lipinski definition) is 3. The van der Waals surface area contributed by atoms with Crippen LogP contribution in [0.25, 0.3) is 5.69 Å². The van der Waals surface area contributed by atoms with Gasteiger partial charge in [0.2, 0.25) is 11.8 Å². The summed E-state index contributed by atoms with van der Waals surface area (Å²) in [4.78, 5) is 24.1. The number of nitrogens with one attached hydrogen (secondary N) is 2. The van der Waals surface area contributed by atoms with E-state index in [9.17, 15) is 9.59 Å². The summed E-state index contributed by atoms with van der Waals surface area (Å²) in [6, 6.07) is 9.86. The Kier molecular flexibility index (Phi) is 6.77. The third-order valence-corrected chi connectivity index (χ3v) is 4.14. The third kappa shape index (κ3) is 5.94. The summed E-state index contributed by atoms with van der Waals surface area (Å²) in [5.41, 5.74) is 2.75. The van der Waals surface area contributed by atoms with Gasteiger partial charge in [0.15, 0.2) is 0 Å². The van der Waals surface area contributed by atoms with Gasteiger partial charge in [-0.25, -0.2) is 4.68 Å². The summed E-state index contributed by atoms with van der Waals surface area (Å²) in [5, 5.41) is 10.4. The molecule has 0 fully saturated rings. The van der Waals surface area contributed by atoms with E-state index in [-0.39, 0.29) is 30.1 Å². The smallest absolute Gasteiger partial charge is 0.226 e. The molecule has 0 unspecified atom stereocenters. The number of benzene rings is 1. The number of nitrogens with zero attached hydrogens (tertiary/aromatic N) is 2. The molecule has 6 heteroatoms. The number of rotatable bonds is 7. The number of aromatic nitrogens is 2. The van der Waals surface area contributed by atoms with Crippen molar-refractivity contribution in [3.8, 4) is 5.69 Å². The second kappa shape index (κ2) is 8.84. The fraction of sp³-hybridized carbons (Fsp3) is 0.476. The second-order valence-electron chi connectivity index (χ2n) is 7.81. The number of hydrogen-bond donors (Lipinski definition) is 2. The predicted molar refractivity (Wildman–Crippen MR) is 108 cm³/mol. The lowest BCUT2D eigenvalue weighted by atomic mass is 9.92. The molecule has 6 nitrogen and oxygen atoms in total. The molecule has 1 aromatic heterocycles. The molecule has 0 saturated heterocycles. The van der Waals surface area contributed by atoms with Crippen LogP contribution in [0, 0.1) is 6.92 Å². The Morgan fingerprint density at radius 2 is 1.81 bits per heavy atom. The van der Waals surface area contributed by atoms with Crippen LogP contribution in [-0.2, 0) is 15.0 Å². The standard InChI is InChI=1S/C21H30N4O2/c1-6-12-22-19(26)10-11-20(27)23-18-14-17(21(3,4)5)24-25(18)16-9-7-8-15(2)13-16/h7-9,13-14H,6,10-12H2,1-5H3,(H,22,26)(H,23,27). The molecule has 0 radical (unpaired) electrons. The summed E-state index contributed by atoms with van der Waals surface area (Å²) in [5.74, 6) is 0.315. The zero-order chi connectivity index (χ0) is 20.0. The Labute approximate surface area is 161 Å². The van der Waals surface area contributed by atoms with E-state index in [0.29, 0.717) is 12.4 Å². The fourth-order valence-electron chi connectivity index (χ4n) is 2.58. The SMILES string of the molecule is CCCNC(=O)CCC(=O)Nc1cc(C(C)(C)C)nn1-c1cccc(C)c1. The minimum Gasteiger partial charge on any atom is -0.356 e. The molecule has 2 aromatic rings. The molecule has 27 heavy (non-hydrogen) atoms. The van der Waals surface area contributed by atoms with Gasteiger partial charge < -0.3 is 10.6 Å². The van der Waals surface area contributed by atoms with Gasteiger partial charge >= 0.3 is 0 Å². The minimum atomic E-state index is -0.198. The average Bonchev–Trinajstić information content (AvgIpc) is 3.02. The quantitative estimate of drug-likeness (QED) is 0.780. The number of amides is 2. The van der Waals surface area contributed by atoms with Crippen molar-refractivity contribution in [1.82, 2.24) is 15.1 Å². The first-order chi connectivity index (χ1) is 12.7. The Hall–Kier alpha value is -2.63. The first-order valence-electron chi connectivity index (χ1n) is 9.45. The molecular formula is C21H30N4O2. The molecule has 0 bridgehead atoms. The van der Waals surface area contributed by atoms with Crippen molar-refractivity contribution in [2.45, 2.75) is 59.3 Å². The predicted octanol–water partition coefficient (Wildman–Crippen LogP) is 3.72. The highest BCUT2D eigenvalue weighted by Gasteiger charge is 2.21. The summed E-state index contributed by atoms with van der Waals surface area (Å²) >= 11 is 0. The molecule has 1 heterocycles. The highest BCUT2D eigenvalue weighted by Crippen LogP contribution is 2.26. The molecule has 1 aromatic carbocycles. The average molecular weight is 370 g/mol.